The van der Waals surface area contributed by atoms with E-state index in [1.54, 1.807) is 12.1 Å². The zero-order chi connectivity index (χ0) is 10.5. The molecule has 0 N–H and O–H groups in total. The van der Waals surface area contributed by atoms with Gasteiger partial charge in [-0.15, -0.1) is 0 Å². The maximum atomic E-state index is 8.32. The molecule has 2 rings (SSSR count). The SMILES string of the molecule is N#CCOc1ccc(OCC2CO2)cc1. The molecular formula is C11H11NO3. The summed E-state index contributed by atoms with van der Waals surface area (Å²) in [5.74, 6) is 1.46. The van der Waals surface area contributed by atoms with E-state index < -0.39 is 0 Å². The van der Waals surface area contributed by atoms with Gasteiger partial charge < -0.3 is 14.2 Å². The first-order chi connectivity index (χ1) is 7.38. The molecule has 0 aliphatic carbocycles. The van der Waals surface area contributed by atoms with Gasteiger partial charge in [-0.1, -0.05) is 0 Å². The van der Waals surface area contributed by atoms with Gasteiger partial charge in [0.05, 0.1) is 6.61 Å². The van der Waals surface area contributed by atoms with Crippen LogP contribution in [0.25, 0.3) is 0 Å². The van der Waals surface area contributed by atoms with Crippen molar-refractivity contribution in [2.75, 3.05) is 19.8 Å². The third-order valence-electron chi connectivity index (χ3n) is 1.97. The highest BCUT2D eigenvalue weighted by molar-refractivity contribution is 5.31. The molecule has 1 aromatic carbocycles. The second kappa shape index (κ2) is 4.67. The summed E-state index contributed by atoms with van der Waals surface area (Å²) in [6.45, 7) is 1.46. The Morgan fingerprint density at radius 3 is 2.40 bits per heavy atom. The molecule has 1 saturated heterocycles. The lowest BCUT2D eigenvalue weighted by Crippen LogP contribution is -2.03. The zero-order valence-electron chi connectivity index (χ0n) is 8.18. The van der Waals surface area contributed by atoms with Gasteiger partial charge >= 0.3 is 0 Å². The summed E-state index contributed by atoms with van der Waals surface area (Å²) < 4.78 is 15.6. The Balaban J connectivity index is 1.82. The fraction of sp³-hybridized carbons (Fsp3) is 0.364. The molecule has 1 aromatic rings. The van der Waals surface area contributed by atoms with Crippen LogP contribution in [-0.2, 0) is 4.74 Å². The average molecular weight is 205 g/mol. The molecule has 0 amide bonds. The van der Waals surface area contributed by atoms with E-state index in [0.29, 0.717) is 12.4 Å². The second-order valence-corrected chi connectivity index (χ2v) is 3.18. The molecular weight excluding hydrogens is 194 g/mol. The zero-order valence-corrected chi connectivity index (χ0v) is 8.18. The first-order valence-corrected chi connectivity index (χ1v) is 4.72. The van der Waals surface area contributed by atoms with Crippen LogP contribution in [0.1, 0.15) is 0 Å². The largest absolute Gasteiger partial charge is 0.491 e. The van der Waals surface area contributed by atoms with Crippen molar-refractivity contribution < 1.29 is 14.2 Å². The predicted octanol–water partition coefficient (Wildman–Crippen LogP) is 1.37. The number of hydrogen-bond acceptors (Lipinski definition) is 4. The number of nitriles is 1. The van der Waals surface area contributed by atoms with E-state index in [-0.39, 0.29) is 12.7 Å². The van der Waals surface area contributed by atoms with Crippen LogP contribution in [-0.4, -0.2) is 25.9 Å². The van der Waals surface area contributed by atoms with Crippen LogP contribution in [0, 0.1) is 11.3 Å². The Hall–Kier alpha value is -1.73. The number of benzene rings is 1. The van der Waals surface area contributed by atoms with Gasteiger partial charge in [-0.2, -0.15) is 5.26 Å². The summed E-state index contributed by atoms with van der Waals surface area (Å²) in [5.41, 5.74) is 0. The van der Waals surface area contributed by atoms with Crippen LogP contribution >= 0.6 is 0 Å². The minimum atomic E-state index is 0.0656. The molecule has 1 atom stereocenters. The molecule has 78 valence electrons. The maximum Gasteiger partial charge on any atom is 0.174 e. The summed E-state index contributed by atoms with van der Waals surface area (Å²) in [7, 11) is 0. The van der Waals surface area contributed by atoms with E-state index in [1.807, 2.05) is 18.2 Å². The molecule has 1 fully saturated rings. The molecule has 0 saturated carbocycles. The van der Waals surface area contributed by atoms with E-state index in [4.69, 9.17) is 19.5 Å². The molecule has 1 unspecified atom stereocenters. The van der Waals surface area contributed by atoms with Crippen LogP contribution in [0.15, 0.2) is 24.3 Å². The molecule has 4 heteroatoms. The van der Waals surface area contributed by atoms with Crippen molar-refractivity contribution >= 4 is 0 Å². The Morgan fingerprint density at radius 1 is 1.27 bits per heavy atom. The lowest BCUT2D eigenvalue weighted by molar-refractivity contribution is 0.262. The normalized spacial score (nSPS) is 17.9. The quantitative estimate of drug-likeness (QED) is 0.681. The van der Waals surface area contributed by atoms with Gasteiger partial charge in [0, 0.05) is 0 Å². The molecule has 1 aliphatic rings. The number of rotatable bonds is 5. The van der Waals surface area contributed by atoms with Gasteiger partial charge in [-0.25, -0.2) is 0 Å². The monoisotopic (exact) mass is 205 g/mol. The molecule has 0 radical (unpaired) electrons. The van der Waals surface area contributed by atoms with Crippen molar-refractivity contribution in [3.8, 4) is 17.6 Å². The van der Waals surface area contributed by atoms with Gasteiger partial charge in [0.2, 0.25) is 0 Å². The van der Waals surface area contributed by atoms with Gasteiger partial charge in [0.25, 0.3) is 0 Å². The first kappa shape index (κ1) is 9.81. The standard InChI is InChI=1S/C11H11NO3/c12-5-6-13-9-1-3-10(4-2-9)14-7-11-8-15-11/h1-4,11H,6-8H2. The number of epoxide rings is 1. The average Bonchev–Trinajstić information content (AvgIpc) is 3.09. The highest BCUT2D eigenvalue weighted by Crippen LogP contribution is 2.19. The molecule has 4 nitrogen and oxygen atoms in total. The van der Waals surface area contributed by atoms with Crippen molar-refractivity contribution in [1.29, 1.82) is 5.26 Å². The van der Waals surface area contributed by atoms with Crippen LogP contribution in [0.5, 0.6) is 11.5 Å². The van der Waals surface area contributed by atoms with Crippen molar-refractivity contribution in [2.24, 2.45) is 0 Å². The highest BCUT2D eigenvalue weighted by atomic mass is 16.6. The number of nitrogens with zero attached hydrogens (tertiary/aromatic N) is 1. The topological polar surface area (TPSA) is 54.8 Å². The van der Waals surface area contributed by atoms with E-state index in [1.165, 1.54) is 0 Å². The highest BCUT2D eigenvalue weighted by Gasteiger charge is 2.22. The Bertz CT molecular complexity index is 351. The van der Waals surface area contributed by atoms with Gasteiger partial charge in [-0.05, 0) is 24.3 Å². The molecule has 0 bridgehead atoms. The van der Waals surface area contributed by atoms with Crippen molar-refractivity contribution in [2.45, 2.75) is 6.10 Å². The summed E-state index contributed by atoms with van der Waals surface area (Å²) in [6, 6.07) is 9.09. The molecule has 0 aromatic heterocycles. The van der Waals surface area contributed by atoms with E-state index >= 15 is 0 Å². The fourth-order valence-electron chi connectivity index (χ4n) is 1.10. The van der Waals surface area contributed by atoms with Gasteiger partial charge in [-0.3, -0.25) is 0 Å². The Morgan fingerprint density at radius 2 is 1.87 bits per heavy atom. The molecule has 1 aliphatic heterocycles. The maximum absolute atomic E-state index is 8.32. The van der Waals surface area contributed by atoms with Crippen LogP contribution in [0.4, 0.5) is 0 Å². The molecule has 1 heterocycles. The predicted molar refractivity (Wildman–Crippen MR) is 52.8 cm³/mol. The van der Waals surface area contributed by atoms with Crippen LogP contribution < -0.4 is 9.47 Å². The minimum Gasteiger partial charge on any atom is -0.491 e. The smallest absolute Gasteiger partial charge is 0.174 e. The van der Waals surface area contributed by atoms with Crippen LogP contribution in [0.3, 0.4) is 0 Å². The van der Waals surface area contributed by atoms with Crippen molar-refractivity contribution in [1.82, 2.24) is 0 Å². The van der Waals surface area contributed by atoms with E-state index in [9.17, 15) is 0 Å². The van der Waals surface area contributed by atoms with Crippen LogP contribution in [0.2, 0.25) is 0 Å². The first-order valence-electron chi connectivity index (χ1n) is 4.72. The Labute approximate surface area is 88.0 Å². The summed E-state index contributed by atoms with van der Waals surface area (Å²) >= 11 is 0. The third-order valence-corrected chi connectivity index (χ3v) is 1.97. The number of hydrogen-bond donors (Lipinski definition) is 0. The van der Waals surface area contributed by atoms with E-state index in [2.05, 4.69) is 0 Å². The third kappa shape index (κ3) is 3.15. The summed E-state index contributed by atoms with van der Waals surface area (Å²) in [6.07, 6.45) is 0.263. The Kier molecular flexibility index (Phi) is 3.05. The van der Waals surface area contributed by atoms with Gasteiger partial charge in [0.1, 0.15) is 30.3 Å². The lowest BCUT2D eigenvalue weighted by Gasteiger charge is -2.05. The molecule has 0 spiro atoms. The molecule has 15 heavy (non-hydrogen) atoms. The summed E-state index contributed by atoms with van der Waals surface area (Å²) in [5, 5.41) is 8.32. The van der Waals surface area contributed by atoms with Crippen molar-refractivity contribution in [3.63, 3.8) is 0 Å². The van der Waals surface area contributed by atoms with E-state index in [0.717, 1.165) is 12.4 Å². The minimum absolute atomic E-state index is 0.0656. The van der Waals surface area contributed by atoms with Crippen molar-refractivity contribution in [3.05, 3.63) is 24.3 Å². The second-order valence-electron chi connectivity index (χ2n) is 3.18. The van der Waals surface area contributed by atoms with Gasteiger partial charge in [0.15, 0.2) is 6.61 Å². The fourth-order valence-corrected chi connectivity index (χ4v) is 1.10. The lowest BCUT2D eigenvalue weighted by atomic mass is 10.3. The summed E-state index contributed by atoms with van der Waals surface area (Å²) in [4.78, 5) is 0. The number of ether oxygens (including phenoxy) is 3.